The fraction of sp³-hybridized carbons (Fsp3) is 0.455. The van der Waals surface area contributed by atoms with Crippen LogP contribution in [0.5, 0.6) is 5.75 Å². The van der Waals surface area contributed by atoms with Crippen molar-refractivity contribution in [3.63, 3.8) is 0 Å². The normalized spacial score (nSPS) is 21.4. The minimum Gasteiger partial charge on any atom is -0.507 e. The average molecular weight is 195 g/mol. The summed E-state index contributed by atoms with van der Waals surface area (Å²) in [5.74, 6) is -0.0465. The van der Waals surface area contributed by atoms with Crippen LogP contribution in [0.4, 0.5) is 4.39 Å². The van der Waals surface area contributed by atoms with Gasteiger partial charge < -0.3 is 10.4 Å². The van der Waals surface area contributed by atoms with Gasteiger partial charge in [0.05, 0.1) is 0 Å². The van der Waals surface area contributed by atoms with Crippen molar-refractivity contribution in [2.24, 2.45) is 0 Å². The van der Waals surface area contributed by atoms with E-state index in [-0.39, 0.29) is 17.6 Å². The summed E-state index contributed by atoms with van der Waals surface area (Å²) in [7, 11) is 0. The summed E-state index contributed by atoms with van der Waals surface area (Å²) in [6, 6.07) is 2.89. The van der Waals surface area contributed by atoms with Crippen molar-refractivity contribution in [3.8, 4) is 5.75 Å². The van der Waals surface area contributed by atoms with Crippen LogP contribution in [0.3, 0.4) is 0 Å². The first-order valence-corrected chi connectivity index (χ1v) is 4.91. The van der Waals surface area contributed by atoms with Crippen LogP contribution in [0.1, 0.15) is 30.0 Å². The van der Waals surface area contributed by atoms with E-state index in [1.165, 1.54) is 12.1 Å². The molecule has 1 aliphatic rings. The van der Waals surface area contributed by atoms with Gasteiger partial charge in [-0.05, 0) is 44.0 Å². The second-order valence-electron chi connectivity index (χ2n) is 3.81. The van der Waals surface area contributed by atoms with Crippen molar-refractivity contribution in [2.75, 3.05) is 6.54 Å². The van der Waals surface area contributed by atoms with Crippen LogP contribution in [0.2, 0.25) is 0 Å². The summed E-state index contributed by atoms with van der Waals surface area (Å²) in [6.07, 6.45) is 2.05. The number of halogens is 1. The summed E-state index contributed by atoms with van der Waals surface area (Å²) in [4.78, 5) is 0. The topological polar surface area (TPSA) is 32.3 Å². The summed E-state index contributed by atoms with van der Waals surface area (Å²) in [5.41, 5.74) is 1.30. The maximum atomic E-state index is 13.1. The molecule has 2 rings (SSSR count). The number of hydrogen-bond acceptors (Lipinski definition) is 2. The molecule has 0 aliphatic carbocycles. The first-order chi connectivity index (χ1) is 6.68. The lowest BCUT2D eigenvalue weighted by Crippen LogP contribution is -2.13. The second kappa shape index (κ2) is 3.58. The van der Waals surface area contributed by atoms with Gasteiger partial charge in [0.2, 0.25) is 0 Å². The molecular formula is C11H14FNO. The Hall–Kier alpha value is -1.09. The van der Waals surface area contributed by atoms with Gasteiger partial charge >= 0.3 is 0 Å². The molecule has 0 saturated carbocycles. The van der Waals surface area contributed by atoms with Crippen LogP contribution in [-0.4, -0.2) is 11.7 Å². The van der Waals surface area contributed by atoms with Crippen molar-refractivity contribution in [3.05, 3.63) is 29.1 Å². The number of aromatic hydroxyl groups is 1. The Kier molecular flexibility index (Phi) is 2.42. The van der Waals surface area contributed by atoms with Crippen molar-refractivity contribution >= 4 is 0 Å². The Bertz CT molecular complexity index is 345. The summed E-state index contributed by atoms with van der Waals surface area (Å²) in [5, 5.41) is 13.0. The standard InChI is InChI=1S/C11H14FNO/c1-7-5-8(12)6-9(11(7)14)10-3-2-4-13-10/h5-6,10,13-14H,2-4H2,1H3. The van der Waals surface area contributed by atoms with Crippen LogP contribution in [0.15, 0.2) is 12.1 Å². The molecule has 1 fully saturated rings. The largest absolute Gasteiger partial charge is 0.507 e. The van der Waals surface area contributed by atoms with E-state index in [0.29, 0.717) is 11.1 Å². The highest BCUT2D eigenvalue weighted by Gasteiger charge is 2.20. The van der Waals surface area contributed by atoms with Gasteiger partial charge in [-0.2, -0.15) is 0 Å². The summed E-state index contributed by atoms with van der Waals surface area (Å²) in [6.45, 7) is 2.66. The quantitative estimate of drug-likeness (QED) is 0.720. The van der Waals surface area contributed by atoms with Gasteiger partial charge in [0.1, 0.15) is 11.6 Å². The molecule has 0 amide bonds. The predicted octanol–water partition coefficient (Wildman–Crippen LogP) is 2.26. The Labute approximate surface area is 82.8 Å². The fourth-order valence-electron chi connectivity index (χ4n) is 1.98. The highest BCUT2D eigenvalue weighted by molar-refractivity contribution is 5.42. The molecule has 1 aromatic rings. The Morgan fingerprint density at radius 2 is 2.29 bits per heavy atom. The van der Waals surface area contributed by atoms with Crippen LogP contribution in [0, 0.1) is 12.7 Å². The summed E-state index contributed by atoms with van der Waals surface area (Å²) >= 11 is 0. The molecule has 1 heterocycles. The Morgan fingerprint density at radius 3 is 2.93 bits per heavy atom. The molecule has 0 radical (unpaired) electrons. The van der Waals surface area contributed by atoms with E-state index in [1.807, 2.05) is 0 Å². The zero-order chi connectivity index (χ0) is 10.1. The first kappa shape index (κ1) is 9.46. The Morgan fingerprint density at radius 1 is 1.50 bits per heavy atom. The zero-order valence-corrected chi connectivity index (χ0v) is 8.18. The lowest BCUT2D eigenvalue weighted by atomic mass is 10.0. The third-order valence-electron chi connectivity index (χ3n) is 2.73. The number of aryl methyl sites for hydroxylation is 1. The first-order valence-electron chi connectivity index (χ1n) is 4.91. The van der Waals surface area contributed by atoms with Gasteiger partial charge in [-0.15, -0.1) is 0 Å². The maximum absolute atomic E-state index is 13.1. The van der Waals surface area contributed by atoms with Gasteiger partial charge in [0.15, 0.2) is 0 Å². The molecule has 1 atom stereocenters. The SMILES string of the molecule is Cc1cc(F)cc(C2CCCN2)c1O. The molecule has 1 aliphatic heterocycles. The Balaban J connectivity index is 2.40. The molecule has 3 heteroatoms. The highest BCUT2D eigenvalue weighted by Crippen LogP contribution is 2.32. The lowest BCUT2D eigenvalue weighted by molar-refractivity contribution is 0.449. The van der Waals surface area contributed by atoms with Crippen LogP contribution < -0.4 is 5.32 Å². The number of nitrogens with one attached hydrogen (secondary N) is 1. The van der Waals surface area contributed by atoms with Crippen LogP contribution in [0.25, 0.3) is 0 Å². The van der Waals surface area contributed by atoms with Crippen molar-refractivity contribution in [1.29, 1.82) is 0 Å². The molecule has 2 nitrogen and oxygen atoms in total. The third-order valence-corrected chi connectivity index (χ3v) is 2.73. The highest BCUT2D eigenvalue weighted by atomic mass is 19.1. The minimum absolute atomic E-state index is 0.115. The van der Waals surface area contributed by atoms with Gasteiger partial charge in [-0.1, -0.05) is 0 Å². The minimum atomic E-state index is -0.274. The number of phenolic OH excluding ortho intramolecular Hbond substituents is 1. The fourth-order valence-corrected chi connectivity index (χ4v) is 1.98. The third kappa shape index (κ3) is 1.60. The van der Waals surface area contributed by atoms with E-state index in [4.69, 9.17) is 0 Å². The van der Waals surface area contributed by atoms with E-state index >= 15 is 0 Å². The van der Waals surface area contributed by atoms with Crippen molar-refractivity contribution in [1.82, 2.24) is 5.32 Å². The maximum Gasteiger partial charge on any atom is 0.124 e. The number of benzene rings is 1. The van der Waals surface area contributed by atoms with Crippen LogP contribution >= 0.6 is 0 Å². The smallest absolute Gasteiger partial charge is 0.124 e. The summed E-state index contributed by atoms with van der Waals surface area (Å²) < 4.78 is 13.1. The molecule has 0 bridgehead atoms. The van der Waals surface area contributed by atoms with E-state index < -0.39 is 0 Å². The van der Waals surface area contributed by atoms with Gasteiger partial charge in [0.25, 0.3) is 0 Å². The van der Waals surface area contributed by atoms with Crippen LogP contribution in [-0.2, 0) is 0 Å². The molecule has 0 aromatic heterocycles. The number of rotatable bonds is 1. The zero-order valence-electron chi connectivity index (χ0n) is 8.18. The molecule has 1 aromatic carbocycles. The van der Waals surface area contributed by atoms with Gasteiger partial charge in [-0.25, -0.2) is 4.39 Å². The molecular weight excluding hydrogens is 181 g/mol. The number of hydrogen-bond donors (Lipinski definition) is 2. The van der Waals surface area contributed by atoms with Crippen molar-refractivity contribution in [2.45, 2.75) is 25.8 Å². The van der Waals surface area contributed by atoms with Crippen molar-refractivity contribution < 1.29 is 9.50 Å². The number of phenols is 1. The van der Waals surface area contributed by atoms with Gasteiger partial charge in [0, 0.05) is 11.6 Å². The average Bonchev–Trinajstić information content (AvgIpc) is 2.63. The second-order valence-corrected chi connectivity index (χ2v) is 3.81. The molecule has 14 heavy (non-hydrogen) atoms. The molecule has 76 valence electrons. The molecule has 1 saturated heterocycles. The molecule has 0 spiro atoms. The van der Waals surface area contributed by atoms with E-state index in [9.17, 15) is 9.50 Å². The van der Waals surface area contributed by atoms with E-state index in [1.54, 1.807) is 6.92 Å². The predicted molar refractivity (Wildman–Crippen MR) is 52.8 cm³/mol. The monoisotopic (exact) mass is 195 g/mol. The van der Waals surface area contributed by atoms with E-state index in [0.717, 1.165) is 19.4 Å². The van der Waals surface area contributed by atoms with E-state index in [2.05, 4.69) is 5.32 Å². The van der Waals surface area contributed by atoms with Gasteiger partial charge in [-0.3, -0.25) is 0 Å². The molecule has 1 unspecified atom stereocenters. The molecule has 2 N–H and O–H groups in total. The lowest BCUT2D eigenvalue weighted by Gasteiger charge is -2.14.